The summed E-state index contributed by atoms with van der Waals surface area (Å²) >= 11 is 0. The van der Waals surface area contributed by atoms with Gasteiger partial charge in [0.05, 0.1) is 6.21 Å². The molecule has 0 aromatic heterocycles. The van der Waals surface area contributed by atoms with Gasteiger partial charge < -0.3 is 4.90 Å². The first kappa shape index (κ1) is 20.5. The number of hydrazone groups is 1. The van der Waals surface area contributed by atoms with Crippen molar-refractivity contribution in [2.75, 3.05) is 11.4 Å². The molecule has 5 heteroatoms. The van der Waals surface area contributed by atoms with E-state index in [0.29, 0.717) is 17.9 Å². The number of benzene rings is 2. The molecule has 0 saturated carbocycles. The molecule has 2 aromatic rings. The molecule has 1 aliphatic heterocycles. The fourth-order valence-electron chi connectivity index (χ4n) is 3.25. The molecule has 1 heterocycles. The Kier molecular flexibility index (Phi) is 6.60. The van der Waals surface area contributed by atoms with Crippen LogP contribution in [0.15, 0.2) is 59.2 Å². The molecule has 2 amide bonds. The third-order valence-corrected chi connectivity index (χ3v) is 4.95. The first-order valence-corrected chi connectivity index (χ1v) is 9.96. The van der Waals surface area contributed by atoms with Gasteiger partial charge in [0.1, 0.15) is 0 Å². The zero-order valence-electron chi connectivity index (χ0n) is 17.2. The molecule has 0 atom stereocenters. The summed E-state index contributed by atoms with van der Waals surface area (Å²) in [7, 11) is 0. The van der Waals surface area contributed by atoms with E-state index in [-0.39, 0.29) is 11.8 Å². The summed E-state index contributed by atoms with van der Waals surface area (Å²) in [6.45, 7) is 7.02. The van der Waals surface area contributed by atoms with Crippen molar-refractivity contribution in [2.24, 2.45) is 5.10 Å². The Labute approximate surface area is 172 Å². The summed E-state index contributed by atoms with van der Waals surface area (Å²) < 4.78 is 0. The van der Waals surface area contributed by atoms with Gasteiger partial charge in [-0.1, -0.05) is 44.2 Å². The maximum Gasteiger partial charge on any atom is 0.271 e. The lowest BCUT2D eigenvalue weighted by molar-refractivity contribution is -0.117. The quantitative estimate of drug-likeness (QED) is 0.572. The second-order valence-corrected chi connectivity index (χ2v) is 7.60. The zero-order chi connectivity index (χ0) is 20.8. The largest absolute Gasteiger partial charge is 0.312 e. The van der Waals surface area contributed by atoms with Crippen molar-refractivity contribution in [3.05, 3.63) is 70.8 Å². The molecule has 0 radical (unpaired) electrons. The lowest BCUT2D eigenvalue weighted by Gasteiger charge is -2.15. The van der Waals surface area contributed by atoms with Crippen molar-refractivity contribution in [2.45, 2.75) is 39.5 Å². The highest BCUT2D eigenvalue weighted by Gasteiger charge is 2.21. The molecule has 0 spiro atoms. The molecule has 1 fully saturated rings. The van der Waals surface area contributed by atoms with E-state index in [4.69, 9.17) is 0 Å². The molecule has 1 saturated heterocycles. The minimum atomic E-state index is -0.283. The van der Waals surface area contributed by atoms with Crippen molar-refractivity contribution in [1.29, 1.82) is 0 Å². The summed E-state index contributed by atoms with van der Waals surface area (Å²) in [6, 6.07) is 15.4. The Morgan fingerprint density at radius 2 is 1.79 bits per heavy atom. The van der Waals surface area contributed by atoms with Gasteiger partial charge in [-0.05, 0) is 60.2 Å². The van der Waals surface area contributed by atoms with Crippen molar-refractivity contribution in [3.8, 4) is 0 Å². The van der Waals surface area contributed by atoms with Gasteiger partial charge in [0.2, 0.25) is 5.91 Å². The van der Waals surface area contributed by atoms with Gasteiger partial charge in [-0.3, -0.25) is 9.59 Å². The first-order chi connectivity index (χ1) is 13.9. The second-order valence-electron chi connectivity index (χ2n) is 7.60. The molecule has 2 aromatic carbocycles. The Morgan fingerprint density at radius 1 is 1.10 bits per heavy atom. The third-order valence-electron chi connectivity index (χ3n) is 4.95. The standard InChI is InChI=1S/C24H27N3O2/c1-17(2)20-8-6-19(7-9-20)15-18(3)16-25-26-24(29)21-10-12-22(13-11-21)27-14-4-5-23(27)28/h6-13,15-17H,4-5,14H2,1-3H3,(H,26,29)/b18-15-,25-16-. The van der Waals surface area contributed by atoms with Crippen LogP contribution >= 0.6 is 0 Å². The molecule has 29 heavy (non-hydrogen) atoms. The highest BCUT2D eigenvalue weighted by Crippen LogP contribution is 2.21. The Bertz CT molecular complexity index is 926. The highest BCUT2D eigenvalue weighted by atomic mass is 16.2. The number of anilines is 1. The highest BCUT2D eigenvalue weighted by molar-refractivity contribution is 5.98. The number of hydrogen-bond donors (Lipinski definition) is 1. The normalized spacial score (nSPS) is 14.8. The number of hydrogen-bond acceptors (Lipinski definition) is 3. The van der Waals surface area contributed by atoms with E-state index in [1.807, 2.05) is 13.0 Å². The van der Waals surface area contributed by atoms with Crippen LogP contribution in [0.4, 0.5) is 5.69 Å². The summed E-state index contributed by atoms with van der Waals surface area (Å²) in [5.41, 5.74) is 7.21. The van der Waals surface area contributed by atoms with Crippen molar-refractivity contribution < 1.29 is 9.59 Å². The molecule has 1 N–H and O–H groups in total. The molecule has 5 nitrogen and oxygen atoms in total. The topological polar surface area (TPSA) is 61.8 Å². The Balaban J connectivity index is 1.56. The fraction of sp³-hybridized carbons (Fsp3) is 0.292. The second kappa shape index (κ2) is 9.32. The SMILES string of the molecule is CC(/C=N\NC(=O)c1ccc(N2CCCC2=O)cc1)=C/c1ccc(C(C)C)cc1. The van der Waals surface area contributed by atoms with Crippen LogP contribution in [-0.4, -0.2) is 24.6 Å². The van der Waals surface area contributed by atoms with Crippen LogP contribution in [0, 0.1) is 0 Å². The summed E-state index contributed by atoms with van der Waals surface area (Å²) in [6.07, 6.45) is 5.11. The monoisotopic (exact) mass is 389 g/mol. The van der Waals surface area contributed by atoms with Gasteiger partial charge >= 0.3 is 0 Å². The average Bonchev–Trinajstić information content (AvgIpc) is 3.14. The minimum Gasteiger partial charge on any atom is -0.312 e. The Morgan fingerprint density at radius 3 is 2.38 bits per heavy atom. The van der Waals surface area contributed by atoms with Gasteiger partial charge in [-0.15, -0.1) is 0 Å². The van der Waals surface area contributed by atoms with Crippen LogP contribution in [0.3, 0.4) is 0 Å². The van der Waals surface area contributed by atoms with Crippen LogP contribution in [0.5, 0.6) is 0 Å². The zero-order valence-corrected chi connectivity index (χ0v) is 17.2. The van der Waals surface area contributed by atoms with E-state index in [1.54, 1.807) is 35.4 Å². The summed E-state index contributed by atoms with van der Waals surface area (Å²) in [5, 5.41) is 4.04. The van der Waals surface area contributed by atoms with Crippen molar-refractivity contribution >= 4 is 29.8 Å². The van der Waals surface area contributed by atoms with Gasteiger partial charge in [0.15, 0.2) is 0 Å². The van der Waals surface area contributed by atoms with E-state index < -0.39 is 0 Å². The number of rotatable bonds is 6. The Hall–Kier alpha value is -3.21. The molecule has 150 valence electrons. The van der Waals surface area contributed by atoms with Crippen LogP contribution < -0.4 is 10.3 Å². The van der Waals surface area contributed by atoms with Crippen LogP contribution in [0.2, 0.25) is 0 Å². The minimum absolute atomic E-state index is 0.132. The smallest absolute Gasteiger partial charge is 0.271 e. The molecule has 0 bridgehead atoms. The van der Waals surface area contributed by atoms with Crippen molar-refractivity contribution in [1.82, 2.24) is 5.43 Å². The van der Waals surface area contributed by atoms with Crippen LogP contribution in [-0.2, 0) is 4.79 Å². The maximum atomic E-state index is 12.3. The molecular weight excluding hydrogens is 362 g/mol. The maximum absolute atomic E-state index is 12.3. The predicted octanol–water partition coefficient (Wildman–Crippen LogP) is 4.76. The van der Waals surface area contributed by atoms with Crippen molar-refractivity contribution in [3.63, 3.8) is 0 Å². The van der Waals surface area contributed by atoms with Gasteiger partial charge in [-0.2, -0.15) is 5.10 Å². The van der Waals surface area contributed by atoms with E-state index in [0.717, 1.165) is 29.8 Å². The fourth-order valence-corrected chi connectivity index (χ4v) is 3.25. The number of allylic oxidation sites excluding steroid dienone is 1. The number of nitrogens with zero attached hydrogens (tertiary/aromatic N) is 2. The molecule has 3 rings (SSSR count). The first-order valence-electron chi connectivity index (χ1n) is 9.96. The number of carbonyl (C=O) groups excluding carboxylic acids is 2. The molecular formula is C24H27N3O2. The molecule has 0 aliphatic carbocycles. The summed E-state index contributed by atoms with van der Waals surface area (Å²) in [4.78, 5) is 25.8. The third kappa shape index (κ3) is 5.41. The number of amides is 2. The van der Waals surface area contributed by atoms with Gasteiger partial charge in [0.25, 0.3) is 5.91 Å². The number of nitrogens with one attached hydrogen (secondary N) is 1. The summed E-state index contributed by atoms with van der Waals surface area (Å²) in [5.74, 6) is 0.360. The predicted molar refractivity (Wildman–Crippen MR) is 118 cm³/mol. The lowest BCUT2D eigenvalue weighted by Crippen LogP contribution is -2.24. The molecule has 0 unspecified atom stereocenters. The number of carbonyl (C=O) groups is 2. The average molecular weight is 389 g/mol. The van der Waals surface area contributed by atoms with E-state index in [1.165, 1.54) is 5.56 Å². The van der Waals surface area contributed by atoms with Gasteiger partial charge in [-0.25, -0.2) is 5.43 Å². The van der Waals surface area contributed by atoms with Gasteiger partial charge in [0, 0.05) is 24.2 Å². The van der Waals surface area contributed by atoms with E-state index in [2.05, 4.69) is 48.6 Å². The lowest BCUT2D eigenvalue weighted by atomic mass is 10.0. The van der Waals surface area contributed by atoms with Crippen LogP contribution in [0.1, 0.15) is 61.0 Å². The van der Waals surface area contributed by atoms with E-state index in [9.17, 15) is 9.59 Å². The molecule has 1 aliphatic rings. The van der Waals surface area contributed by atoms with E-state index >= 15 is 0 Å². The van der Waals surface area contributed by atoms with Crippen LogP contribution in [0.25, 0.3) is 6.08 Å².